The number of amides is 2. The summed E-state index contributed by atoms with van der Waals surface area (Å²) in [4.78, 5) is 30.3. The monoisotopic (exact) mass is 353 g/mol. The zero-order valence-corrected chi connectivity index (χ0v) is 16.0. The van der Waals surface area contributed by atoms with Crippen LogP contribution in [-0.2, 0) is 9.59 Å². The van der Waals surface area contributed by atoms with E-state index in [1.807, 2.05) is 5.38 Å². The number of hydrogen-bond donors (Lipinski definition) is 1. The first-order chi connectivity index (χ1) is 11.5. The van der Waals surface area contributed by atoms with Crippen molar-refractivity contribution in [2.24, 2.45) is 5.92 Å². The minimum absolute atomic E-state index is 0.0847. The van der Waals surface area contributed by atoms with Crippen molar-refractivity contribution in [3.63, 3.8) is 0 Å². The zero-order chi connectivity index (χ0) is 17.8. The van der Waals surface area contributed by atoms with Gasteiger partial charge in [-0.3, -0.25) is 9.59 Å². The largest absolute Gasteiger partial charge is 0.333 e. The predicted octanol–water partition coefficient (Wildman–Crippen LogP) is 4.32. The van der Waals surface area contributed by atoms with E-state index in [4.69, 9.17) is 0 Å². The van der Waals surface area contributed by atoms with Gasteiger partial charge < -0.3 is 10.2 Å². The molecular formula is C18H31N3O2S. The van der Waals surface area contributed by atoms with Crippen molar-refractivity contribution in [2.45, 2.75) is 65.7 Å². The van der Waals surface area contributed by atoms with E-state index in [1.54, 1.807) is 11.1 Å². The summed E-state index contributed by atoms with van der Waals surface area (Å²) in [7, 11) is 0. The fourth-order valence-corrected chi connectivity index (χ4v) is 2.91. The molecule has 0 fully saturated rings. The molecule has 0 radical (unpaired) electrons. The van der Waals surface area contributed by atoms with Crippen LogP contribution in [0.3, 0.4) is 0 Å². The van der Waals surface area contributed by atoms with Crippen molar-refractivity contribution in [1.29, 1.82) is 0 Å². The molecule has 0 saturated heterocycles. The van der Waals surface area contributed by atoms with Crippen LogP contribution in [0.2, 0.25) is 0 Å². The van der Waals surface area contributed by atoms with Gasteiger partial charge >= 0.3 is 0 Å². The van der Waals surface area contributed by atoms with Gasteiger partial charge in [0.2, 0.25) is 11.8 Å². The summed E-state index contributed by atoms with van der Waals surface area (Å²) in [5, 5.41) is 5.15. The molecule has 0 atom stereocenters. The van der Waals surface area contributed by atoms with Gasteiger partial charge in [-0.15, -0.1) is 11.3 Å². The Bertz CT molecular complexity index is 475. The lowest BCUT2D eigenvalue weighted by atomic mass is 10.1. The van der Waals surface area contributed by atoms with E-state index in [-0.39, 0.29) is 18.4 Å². The highest BCUT2D eigenvalue weighted by Gasteiger charge is 2.17. The highest BCUT2D eigenvalue weighted by molar-refractivity contribution is 7.13. The van der Waals surface area contributed by atoms with Crippen LogP contribution in [0.15, 0.2) is 11.6 Å². The molecule has 1 aromatic heterocycles. The molecule has 1 aromatic rings. The fourth-order valence-electron chi connectivity index (χ4n) is 2.36. The third-order valence-electron chi connectivity index (χ3n) is 3.84. The van der Waals surface area contributed by atoms with Crippen LogP contribution in [0, 0.1) is 5.92 Å². The first-order valence-corrected chi connectivity index (χ1v) is 9.88. The summed E-state index contributed by atoms with van der Waals surface area (Å²) in [6, 6.07) is 0. The average molecular weight is 354 g/mol. The minimum atomic E-state index is -0.173. The molecule has 1 rings (SSSR count). The maximum absolute atomic E-state index is 12.5. The Labute approximate surface area is 149 Å². The van der Waals surface area contributed by atoms with Crippen molar-refractivity contribution >= 4 is 28.3 Å². The lowest BCUT2D eigenvalue weighted by molar-refractivity contribution is -0.135. The normalized spacial score (nSPS) is 10.8. The zero-order valence-electron chi connectivity index (χ0n) is 15.2. The average Bonchev–Trinajstić information content (AvgIpc) is 3.03. The maximum Gasteiger partial charge on any atom is 0.245 e. The number of aromatic nitrogens is 1. The van der Waals surface area contributed by atoms with Gasteiger partial charge in [0.05, 0.1) is 6.54 Å². The molecule has 0 aliphatic heterocycles. The van der Waals surface area contributed by atoms with Gasteiger partial charge in [0.15, 0.2) is 5.13 Å². The summed E-state index contributed by atoms with van der Waals surface area (Å²) < 4.78 is 0. The van der Waals surface area contributed by atoms with Crippen LogP contribution < -0.4 is 5.32 Å². The van der Waals surface area contributed by atoms with Crippen molar-refractivity contribution in [3.05, 3.63) is 11.6 Å². The molecule has 0 aromatic carbocycles. The van der Waals surface area contributed by atoms with Crippen LogP contribution >= 0.6 is 11.3 Å². The molecule has 136 valence electrons. The van der Waals surface area contributed by atoms with E-state index in [2.05, 4.69) is 31.1 Å². The number of nitrogens with one attached hydrogen (secondary N) is 1. The lowest BCUT2D eigenvalue weighted by Crippen LogP contribution is -2.39. The minimum Gasteiger partial charge on any atom is -0.333 e. The third kappa shape index (κ3) is 9.01. The fraction of sp³-hybridized carbons (Fsp3) is 0.722. The Morgan fingerprint density at radius 3 is 2.62 bits per heavy atom. The quantitative estimate of drug-likeness (QED) is 0.569. The molecule has 0 aliphatic rings. The molecular weight excluding hydrogens is 322 g/mol. The van der Waals surface area contributed by atoms with Gasteiger partial charge in [0, 0.05) is 24.5 Å². The second kappa shape index (κ2) is 12.0. The number of thiazole rings is 1. The Kier molecular flexibility index (Phi) is 10.3. The van der Waals surface area contributed by atoms with Crippen molar-refractivity contribution in [1.82, 2.24) is 9.88 Å². The van der Waals surface area contributed by atoms with Gasteiger partial charge in [-0.25, -0.2) is 4.98 Å². The SMILES string of the molecule is CCCCCCCC(=O)N(CCC(C)C)CC(=O)Nc1nccs1. The maximum atomic E-state index is 12.5. The van der Waals surface area contributed by atoms with Crippen LogP contribution in [0.1, 0.15) is 65.7 Å². The Balaban J connectivity index is 2.45. The molecule has 0 bridgehead atoms. The predicted molar refractivity (Wildman–Crippen MR) is 100 cm³/mol. The number of rotatable bonds is 12. The number of nitrogens with zero attached hydrogens (tertiary/aromatic N) is 2. The van der Waals surface area contributed by atoms with Crippen LogP contribution in [0.25, 0.3) is 0 Å². The molecule has 0 saturated carbocycles. The van der Waals surface area contributed by atoms with Gasteiger partial charge in [-0.2, -0.15) is 0 Å². The molecule has 1 heterocycles. The summed E-state index contributed by atoms with van der Waals surface area (Å²) >= 11 is 1.38. The summed E-state index contributed by atoms with van der Waals surface area (Å²) in [5.41, 5.74) is 0. The van der Waals surface area contributed by atoms with E-state index >= 15 is 0 Å². The highest BCUT2D eigenvalue weighted by Crippen LogP contribution is 2.12. The number of anilines is 1. The highest BCUT2D eigenvalue weighted by atomic mass is 32.1. The molecule has 1 N–H and O–H groups in total. The smallest absolute Gasteiger partial charge is 0.245 e. The van der Waals surface area contributed by atoms with Crippen molar-refractivity contribution in [3.8, 4) is 0 Å². The molecule has 0 aliphatic carbocycles. The molecule has 5 nitrogen and oxygen atoms in total. The van der Waals surface area contributed by atoms with Gasteiger partial charge in [-0.1, -0.05) is 46.5 Å². The third-order valence-corrected chi connectivity index (χ3v) is 4.52. The second-order valence-electron chi connectivity index (χ2n) is 6.55. The van der Waals surface area contributed by atoms with Crippen LogP contribution in [0.4, 0.5) is 5.13 Å². The van der Waals surface area contributed by atoms with Gasteiger partial charge in [-0.05, 0) is 18.8 Å². The number of carbonyl (C=O) groups is 2. The molecule has 2 amide bonds. The molecule has 6 heteroatoms. The van der Waals surface area contributed by atoms with Crippen molar-refractivity contribution in [2.75, 3.05) is 18.4 Å². The van der Waals surface area contributed by atoms with Gasteiger partial charge in [0.1, 0.15) is 0 Å². The van der Waals surface area contributed by atoms with E-state index in [9.17, 15) is 9.59 Å². The summed E-state index contributed by atoms with van der Waals surface area (Å²) in [5.74, 6) is 0.418. The number of unbranched alkanes of at least 4 members (excludes halogenated alkanes) is 4. The summed E-state index contributed by atoms with van der Waals surface area (Å²) in [6.07, 6.45) is 8.69. The molecule has 0 spiro atoms. The number of hydrogen-bond acceptors (Lipinski definition) is 4. The van der Waals surface area contributed by atoms with Crippen LogP contribution in [0.5, 0.6) is 0 Å². The number of carbonyl (C=O) groups excluding carboxylic acids is 2. The van der Waals surface area contributed by atoms with Gasteiger partial charge in [0.25, 0.3) is 0 Å². The topological polar surface area (TPSA) is 62.3 Å². The summed E-state index contributed by atoms with van der Waals surface area (Å²) in [6.45, 7) is 7.18. The molecule has 24 heavy (non-hydrogen) atoms. The molecule has 0 unspecified atom stereocenters. The van der Waals surface area contributed by atoms with E-state index < -0.39 is 0 Å². The van der Waals surface area contributed by atoms with Crippen LogP contribution in [-0.4, -0.2) is 34.8 Å². The Morgan fingerprint density at radius 1 is 1.25 bits per heavy atom. The van der Waals surface area contributed by atoms with Crippen molar-refractivity contribution < 1.29 is 9.59 Å². The lowest BCUT2D eigenvalue weighted by Gasteiger charge is -2.23. The standard InChI is InChI=1S/C18H31N3O2S/c1-4-5-6-7-8-9-17(23)21(12-10-15(2)3)14-16(22)20-18-19-11-13-24-18/h11,13,15H,4-10,12,14H2,1-3H3,(H,19,20,22). The Morgan fingerprint density at radius 2 is 2.00 bits per heavy atom. The van der Waals surface area contributed by atoms with E-state index in [0.29, 0.717) is 24.0 Å². The first-order valence-electron chi connectivity index (χ1n) is 9.00. The Hall–Kier alpha value is -1.43. The first kappa shape index (κ1) is 20.6. The van der Waals surface area contributed by atoms with E-state index in [0.717, 1.165) is 19.3 Å². The second-order valence-corrected chi connectivity index (χ2v) is 7.44. The van der Waals surface area contributed by atoms with E-state index in [1.165, 1.54) is 30.6 Å².